The van der Waals surface area contributed by atoms with Crippen molar-refractivity contribution in [1.29, 1.82) is 0 Å². The highest BCUT2D eigenvalue weighted by atomic mass is 32.1. The van der Waals surface area contributed by atoms with Gasteiger partial charge in [0.05, 0.1) is 39.6 Å². The smallest absolute Gasteiger partial charge is 0.0701 e. The summed E-state index contributed by atoms with van der Waals surface area (Å²) in [5.41, 5.74) is 0. The summed E-state index contributed by atoms with van der Waals surface area (Å²) in [7, 11) is 0. The molecule has 0 aliphatic heterocycles. The first-order valence-electron chi connectivity index (χ1n) is 10.8. The summed E-state index contributed by atoms with van der Waals surface area (Å²) >= 11 is 4.24. The van der Waals surface area contributed by atoms with E-state index in [4.69, 9.17) is 18.9 Å². The number of ether oxygens (including phenoxy) is 4. The third-order valence-electron chi connectivity index (χ3n) is 4.21. The van der Waals surface area contributed by atoms with Crippen molar-refractivity contribution in [3.8, 4) is 0 Å². The van der Waals surface area contributed by atoms with Crippen LogP contribution in [0.3, 0.4) is 0 Å². The van der Waals surface area contributed by atoms with Gasteiger partial charge in [-0.2, -0.15) is 12.6 Å². The fourth-order valence-electron chi connectivity index (χ4n) is 2.56. The van der Waals surface area contributed by atoms with Gasteiger partial charge in [0.2, 0.25) is 0 Å². The van der Waals surface area contributed by atoms with Gasteiger partial charge in [-0.3, -0.25) is 0 Å². The van der Waals surface area contributed by atoms with Crippen molar-refractivity contribution < 1.29 is 18.9 Å². The van der Waals surface area contributed by atoms with Gasteiger partial charge in [-0.15, -0.1) is 0 Å². The van der Waals surface area contributed by atoms with E-state index in [9.17, 15) is 0 Å². The molecule has 26 heavy (non-hydrogen) atoms. The normalized spacial score (nSPS) is 11.3. The molecule has 0 N–H and O–H groups in total. The second-order valence-electron chi connectivity index (χ2n) is 6.71. The number of rotatable bonds is 23. The molecule has 0 amide bonds. The summed E-state index contributed by atoms with van der Waals surface area (Å²) in [6.45, 7) is 7.79. The first kappa shape index (κ1) is 26.2. The molecule has 0 spiro atoms. The minimum atomic E-state index is 0.631. The molecule has 0 atom stereocenters. The average molecular weight is 393 g/mol. The summed E-state index contributed by atoms with van der Waals surface area (Å²) in [6.07, 6.45) is 14.2. The van der Waals surface area contributed by atoms with Crippen molar-refractivity contribution in [2.45, 2.75) is 77.6 Å². The van der Waals surface area contributed by atoms with Crippen LogP contribution in [0.5, 0.6) is 0 Å². The van der Waals surface area contributed by atoms with E-state index in [-0.39, 0.29) is 0 Å². The molecule has 0 aliphatic rings. The Kier molecular flexibility index (Phi) is 25.4. The Hall–Kier alpha value is 0.190. The van der Waals surface area contributed by atoms with Crippen LogP contribution in [0, 0.1) is 0 Å². The first-order valence-corrected chi connectivity index (χ1v) is 11.5. The molecule has 0 unspecified atom stereocenters. The zero-order valence-electron chi connectivity index (χ0n) is 17.2. The van der Waals surface area contributed by atoms with Crippen molar-refractivity contribution in [2.24, 2.45) is 0 Å². The molecule has 4 nitrogen and oxygen atoms in total. The average Bonchev–Trinajstić information content (AvgIpc) is 2.66. The molecule has 0 saturated carbocycles. The lowest BCUT2D eigenvalue weighted by Gasteiger charge is -2.07. The lowest BCUT2D eigenvalue weighted by molar-refractivity contribution is -0.00238. The maximum Gasteiger partial charge on any atom is 0.0701 e. The second-order valence-corrected chi connectivity index (χ2v) is 7.16. The van der Waals surface area contributed by atoms with Crippen LogP contribution in [0.25, 0.3) is 0 Å². The van der Waals surface area contributed by atoms with E-state index < -0.39 is 0 Å². The highest BCUT2D eigenvalue weighted by Crippen LogP contribution is 2.09. The van der Waals surface area contributed by atoms with Gasteiger partial charge in [0.15, 0.2) is 0 Å². The molecule has 0 bridgehead atoms. The number of thiol groups is 1. The Balaban J connectivity index is 2.95. The van der Waals surface area contributed by atoms with Crippen LogP contribution in [0.2, 0.25) is 0 Å². The number of hydrogen-bond acceptors (Lipinski definition) is 5. The minimum absolute atomic E-state index is 0.631. The molecule has 0 saturated heterocycles. The predicted molar refractivity (Wildman–Crippen MR) is 114 cm³/mol. The van der Waals surface area contributed by atoms with E-state index >= 15 is 0 Å². The summed E-state index contributed by atoms with van der Waals surface area (Å²) in [5.74, 6) is 1.04. The summed E-state index contributed by atoms with van der Waals surface area (Å²) in [6, 6.07) is 0. The molecule has 0 aliphatic carbocycles. The lowest BCUT2D eigenvalue weighted by atomic mass is 10.1. The van der Waals surface area contributed by atoms with Crippen LogP contribution in [-0.2, 0) is 18.9 Å². The summed E-state index contributed by atoms with van der Waals surface area (Å²) in [4.78, 5) is 0. The topological polar surface area (TPSA) is 36.9 Å². The molecular formula is C21H44O4S. The van der Waals surface area contributed by atoms with Crippen LogP contribution in [0.4, 0.5) is 0 Å². The van der Waals surface area contributed by atoms with Crippen LogP contribution < -0.4 is 0 Å². The minimum Gasteiger partial charge on any atom is -0.379 e. The Morgan fingerprint density at radius 2 is 0.769 bits per heavy atom. The van der Waals surface area contributed by atoms with Crippen molar-refractivity contribution in [1.82, 2.24) is 0 Å². The Labute approximate surface area is 168 Å². The van der Waals surface area contributed by atoms with Crippen LogP contribution >= 0.6 is 12.6 Å². The standard InChI is InChI=1S/C21H44O4S/c1-2-3-13-22-15-17-24-19-20-25-18-16-23-14-11-9-7-5-4-6-8-10-12-21-26/h26H,2-21H2,1H3. The third kappa shape index (κ3) is 24.2. The van der Waals surface area contributed by atoms with Crippen molar-refractivity contribution in [3.63, 3.8) is 0 Å². The maximum atomic E-state index is 5.60. The van der Waals surface area contributed by atoms with E-state index in [2.05, 4.69) is 19.6 Å². The SMILES string of the molecule is CCCCOCCOCCOCCOCCCCCCCCCCCS. The monoisotopic (exact) mass is 392 g/mol. The molecule has 158 valence electrons. The van der Waals surface area contributed by atoms with Gasteiger partial charge in [0.1, 0.15) is 0 Å². The van der Waals surface area contributed by atoms with Gasteiger partial charge in [0.25, 0.3) is 0 Å². The Morgan fingerprint density at radius 1 is 0.423 bits per heavy atom. The van der Waals surface area contributed by atoms with Gasteiger partial charge in [-0.25, -0.2) is 0 Å². The fourth-order valence-corrected chi connectivity index (χ4v) is 2.79. The molecule has 0 radical (unpaired) electrons. The zero-order chi connectivity index (χ0) is 19.0. The highest BCUT2D eigenvalue weighted by molar-refractivity contribution is 7.80. The third-order valence-corrected chi connectivity index (χ3v) is 4.52. The molecule has 0 heterocycles. The number of hydrogen-bond donors (Lipinski definition) is 1. The van der Waals surface area contributed by atoms with Crippen LogP contribution in [0.15, 0.2) is 0 Å². The zero-order valence-corrected chi connectivity index (χ0v) is 18.1. The quantitative estimate of drug-likeness (QED) is 0.189. The molecule has 0 aromatic rings. The maximum absolute atomic E-state index is 5.60. The van der Waals surface area contributed by atoms with Crippen molar-refractivity contribution in [3.05, 3.63) is 0 Å². The molecule has 5 heteroatoms. The second kappa shape index (κ2) is 25.2. The van der Waals surface area contributed by atoms with E-state index in [1.807, 2.05) is 0 Å². The van der Waals surface area contributed by atoms with Crippen LogP contribution in [-0.4, -0.2) is 58.6 Å². The summed E-state index contributed by atoms with van der Waals surface area (Å²) in [5, 5.41) is 0. The van der Waals surface area contributed by atoms with Gasteiger partial charge >= 0.3 is 0 Å². The fraction of sp³-hybridized carbons (Fsp3) is 1.00. The van der Waals surface area contributed by atoms with E-state index in [0.29, 0.717) is 39.6 Å². The van der Waals surface area contributed by atoms with Crippen LogP contribution in [0.1, 0.15) is 77.6 Å². The number of unbranched alkanes of at least 4 members (excludes halogenated alkanes) is 9. The largest absolute Gasteiger partial charge is 0.379 e. The summed E-state index contributed by atoms with van der Waals surface area (Å²) < 4.78 is 21.9. The van der Waals surface area contributed by atoms with E-state index in [1.54, 1.807) is 0 Å². The lowest BCUT2D eigenvalue weighted by Crippen LogP contribution is -2.12. The van der Waals surface area contributed by atoms with Crippen molar-refractivity contribution in [2.75, 3.05) is 58.6 Å². The Bertz CT molecular complexity index is 218. The highest BCUT2D eigenvalue weighted by Gasteiger charge is 1.95. The Morgan fingerprint density at radius 3 is 1.19 bits per heavy atom. The first-order chi connectivity index (χ1) is 12.9. The van der Waals surface area contributed by atoms with Gasteiger partial charge < -0.3 is 18.9 Å². The molecular weight excluding hydrogens is 348 g/mol. The molecule has 0 fully saturated rings. The van der Waals surface area contributed by atoms with Gasteiger partial charge in [-0.1, -0.05) is 58.3 Å². The van der Waals surface area contributed by atoms with E-state index in [1.165, 1.54) is 64.2 Å². The van der Waals surface area contributed by atoms with Gasteiger partial charge in [0, 0.05) is 13.2 Å². The molecule has 0 aromatic carbocycles. The predicted octanol–water partition coefficient (Wildman–Crippen LogP) is 5.29. The van der Waals surface area contributed by atoms with Gasteiger partial charge in [-0.05, 0) is 25.0 Å². The van der Waals surface area contributed by atoms with E-state index in [0.717, 1.165) is 25.4 Å². The molecule has 0 rings (SSSR count). The van der Waals surface area contributed by atoms with Crippen molar-refractivity contribution >= 4 is 12.6 Å². The molecule has 0 aromatic heterocycles.